The summed E-state index contributed by atoms with van der Waals surface area (Å²) >= 11 is 0. The second kappa shape index (κ2) is 38.0. The molecule has 12 rings (SSSR count). The van der Waals surface area contributed by atoms with Crippen molar-refractivity contribution in [3.8, 4) is 0 Å². The molecular formula is C70H92N16O32P4. The van der Waals surface area contributed by atoms with Crippen LogP contribution in [-0.4, -0.2) is 228 Å². The first-order valence-corrected chi connectivity index (χ1v) is 44.0. The Morgan fingerprint density at radius 3 is 1.37 bits per heavy atom. The molecule has 2 fully saturated rings. The Hall–Kier alpha value is -10.1. The predicted molar refractivity (Wildman–Crippen MR) is 424 cm³/mol. The van der Waals surface area contributed by atoms with Crippen molar-refractivity contribution in [2.75, 3.05) is 87.0 Å². The number of alkyl carbamates (subject to hydrolysis) is 2. The Morgan fingerprint density at radius 1 is 0.541 bits per heavy atom. The number of nitrogens with one attached hydrogen (secondary N) is 4. The number of hydrogen-bond donors (Lipinski definition) is 14. The summed E-state index contributed by atoms with van der Waals surface area (Å²) in [6.45, 7) is 14.9. The molecule has 122 heavy (non-hydrogen) atoms. The van der Waals surface area contributed by atoms with E-state index in [4.69, 9.17) is 68.3 Å². The fourth-order valence-electron chi connectivity index (χ4n) is 15.0. The van der Waals surface area contributed by atoms with Crippen molar-refractivity contribution in [3.05, 3.63) is 105 Å². The number of phosphoric ester groups is 2. The summed E-state index contributed by atoms with van der Waals surface area (Å²) in [6.07, 6.45) is -7.09. The number of nitrogens with two attached hydrogens (primary N) is 2. The number of imidazole rings is 2. The van der Waals surface area contributed by atoms with E-state index in [1.807, 2.05) is 12.1 Å². The van der Waals surface area contributed by atoms with E-state index in [2.05, 4.69) is 120 Å². The SMILES string of the molecule is CCOC(=O)c1cc2cc3c(cc2oc1=O)N(CCCC(=O)NCCNC(=O)O[C@@H]1[C@H](O)[C@@H](COP(=O)(O)OP(=O)(O)O)O[C@H]1n1cnc2c(N)ncnc21)C(C)(C)CC3C.CCOC(=O)c1cc2cc3c(cc2oc1=O)N(CCCC(=O)NCCNC(=O)O[C@H]1[C@@H](O)[C@H](n2cnc4c(N)ncnc42)O[C@@H]1COP(=O)(O)OP(=O)(O)O)C(C)(C)CC3C. The topological polar surface area (TPSA) is 679 Å². The molecule has 12 atom stereocenters. The Bertz CT molecular complexity index is 5580. The zero-order valence-electron chi connectivity index (χ0n) is 66.7. The summed E-state index contributed by atoms with van der Waals surface area (Å²) in [7, 11) is -21.6. The van der Waals surface area contributed by atoms with E-state index in [0.29, 0.717) is 47.9 Å². The Balaban J connectivity index is 0.000000238. The van der Waals surface area contributed by atoms with Gasteiger partial charge in [-0.1, -0.05) is 13.8 Å². The number of fused-ring (bicyclic) bond motifs is 6. The number of phosphoric acid groups is 4. The monoisotopic (exact) mass is 1790 g/mol. The van der Waals surface area contributed by atoms with Crippen molar-refractivity contribution < 1.29 is 142 Å². The number of benzene rings is 2. The van der Waals surface area contributed by atoms with Crippen LogP contribution < -0.4 is 53.8 Å². The van der Waals surface area contributed by atoms with Crippen LogP contribution in [0.1, 0.15) is 150 Å². The third-order valence-electron chi connectivity index (χ3n) is 20.1. The Kier molecular flexibility index (Phi) is 28.8. The highest BCUT2D eigenvalue weighted by molar-refractivity contribution is 7.61. The van der Waals surface area contributed by atoms with Crippen molar-refractivity contribution in [2.45, 2.75) is 166 Å². The van der Waals surface area contributed by atoms with Crippen molar-refractivity contribution in [3.63, 3.8) is 0 Å². The van der Waals surface area contributed by atoms with Gasteiger partial charge in [-0.2, -0.15) is 8.62 Å². The molecule has 0 saturated carbocycles. The van der Waals surface area contributed by atoms with Gasteiger partial charge in [0.1, 0.15) is 70.4 Å². The summed E-state index contributed by atoms with van der Waals surface area (Å²) in [5.41, 5.74) is 14.0. The molecule has 10 heterocycles. The zero-order valence-corrected chi connectivity index (χ0v) is 70.2. The number of nitrogens with zero attached hydrogens (tertiary/aromatic N) is 10. The lowest BCUT2D eigenvalue weighted by Gasteiger charge is -2.47. The number of hydrogen-bond acceptors (Lipinski definition) is 36. The number of esters is 2. The second-order valence-electron chi connectivity index (χ2n) is 29.8. The Morgan fingerprint density at radius 2 is 0.943 bits per heavy atom. The number of ether oxygens (including phenoxy) is 6. The molecule has 48 nitrogen and oxygen atoms in total. The summed E-state index contributed by atoms with van der Waals surface area (Å²) in [6, 6.07) is 10.4. The molecule has 52 heteroatoms. The molecular weight excluding hydrogens is 1700 g/mol. The summed E-state index contributed by atoms with van der Waals surface area (Å²) in [5.74, 6) is -1.82. The molecule has 4 unspecified atom stereocenters. The van der Waals surface area contributed by atoms with E-state index in [1.54, 1.807) is 26.0 Å². The molecule has 6 aromatic heterocycles. The minimum Gasteiger partial charge on any atom is -0.462 e. The normalized spacial score (nSPS) is 22.1. The maximum atomic E-state index is 13.0. The van der Waals surface area contributed by atoms with Gasteiger partial charge in [-0.25, -0.2) is 76.9 Å². The molecule has 8 aromatic rings. The number of nitrogen functional groups attached to an aromatic ring is 2. The van der Waals surface area contributed by atoms with E-state index >= 15 is 0 Å². The number of carbonyl (C=O) groups excluding carboxylic acids is 6. The third-order valence-corrected chi connectivity index (χ3v) is 24.4. The number of amides is 4. The van der Waals surface area contributed by atoms with E-state index in [1.165, 1.54) is 33.9 Å². The average Bonchev–Trinajstić information content (AvgIpc) is 0.905. The van der Waals surface area contributed by atoms with Crippen LogP contribution in [0.25, 0.3) is 44.3 Å². The molecule has 0 aliphatic carbocycles. The van der Waals surface area contributed by atoms with Gasteiger partial charge in [0.05, 0.1) is 39.1 Å². The second-order valence-corrected chi connectivity index (χ2v) is 35.5. The van der Waals surface area contributed by atoms with Crippen molar-refractivity contribution in [1.82, 2.24) is 60.3 Å². The van der Waals surface area contributed by atoms with Crippen LogP contribution in [0.2, 0.25) is 0 Å². The molecule has 16 N–H and O–H groups in total. The Labute approximate surface area is 691 Å². The van der Waals surface area contributed by atoms with Gasteiger partial charge in [-0.15, -0.1) is 0 Å². The number of aliphatic hydroxyl groups is 2. The number of rotatable bonds is 32. The van der Waals surface area contributed by atoms with E-state index in [9.17, 15) is 76.6 Å². The molecule has 2 aromatic carbocycles. The lowest BCUT2D eigenvalue weighted by atomic mass is 9.79. The van der Waals surface area contributed by atoms with Crippen LogP contribution in [0.4, 0.5) is 32.6 Å². The van der Waals surface area contributed by atoms with Crippen LogP contribution in [-0.2, 0) is 73.9 Å². The maximum Gasteiger partial charge on any atom is 0.481 e. The maximum absolute atomic E-state index is 13.0. The van der Waals surface area contributed by atoms with Crippen LogP contribution in [0.3, 0.4) is 0 Å². The van der Waals surface area contributed by atoms with Gasteiger partial charge in [-0.05, 0) is 114 Å². The molecule has 4 aliphatic heterocycles. The first-order valence-electron chi connectivity index (χ1n) is 37.9. The van der Waals surface area contributed by atoms with Crippen LogP contribution in [0.5, 0.6) is 0 Å². The summed E-state index contributed by atoms with van der Waals surface area (Å²) in [5, 5.41) is 33.8. The highest BCUT2D eigenvalue weighted by Crippen LogP contribution is 2.59. The highest BCUT2D eigenvalue weighted by atomic mass is 31.3. The van der Waals surface area contributed by atoms with Crippen LogP contribution in [0, 0.1) is 0 Å². The molecule has 664 valence electrons. The standard InChI is InChI=1S/2C35H46N8O16P2/c1-5-54-32(46)21-12-19-11-20-18(2)14-35(3,4)43(22(20)13-23(19)57-33(21)47)10-6-7-25(44)37-8-9-38-34(48)58-28-24(15-55-61(52,53)59-60(49,50)51)56-31(27(28)45)42-17-41-26-29(36)39-16-40-30(26)42;1-5-54-32(46)21-12-19-11-20-18(2)14-35(3,4)43(22(20)13-23(19)57-33(21)47)10-6-7-25(44)37-8-9-38-34(48)58-28-27(45)24(15-55-61(52,53)59-60(49,50)51)56-31(28)42-17-41-26-29(36)39-16-40-30(26)42/h2*11-13,16-18,24,27-28,31,45H,5-10,14-15H2,1-4H3,(H,37,44)(H,38,48)(H,52,53)(H2,36,39,40)(H2,49,50,51)/t2*18?,24-,27-,28-,31-/m11/s1. The molecule has 0 radical (unpaired) electrons. The van der Waals surface area contributed by atoms with E-state index in [-0.39, 0.29) is 132 Å². The quantitative estimate of drug-likeness (QED) is 0.00934. The number of carbonyl (C=O) groups is 6. The first-order chi connectivity index (χ1) is 57.3. The van der Waals surface area contributed by atoms with Gasteiger partial charge in [0.2, 0.25) is 11.8 Å². The molecule has 0 spiro atoms. The third kappa shape index (κ3) is 22.3. The van der Waals surface area contributed by atoms with Gasteiger partial charge in [0.15, 0.2) is 47.6 Å². The number of aromatic nitrogens is 8. The lowest BCUT2D eigenvalue weighted by Crippen LogP contribution is -2.49. The van der Waals surface area contributed by atoms with Crippen molar-refractivity contribution >= 4 is 135 Å². The first kappa shape index (κ1) is 92.7. The van der Waals surface area contributed by atoms with E-state index in [0.717, 1.165) is 48.0 Å². The average molecular weight is 1790 g/mol. The molecule has 4 aliphatic rings. The minimum atomic E-state index is -5.47. The van der Waals surface area contributed by atoms with Gasteiger partial charge >= 0.3 is 66.7 Å². The fraction of sp³-hybridized carbons (Fsp3) is 0.514. The van der Waals surface area contributed by atoms with Crippen molar-refractivity contribution in [1.29, 1.82) is 0 Å². The molecule has 2 saturated heterocycles. The van der Waals surface area contributed by atoms with Gasteiger partial charge in [-0.3, -0.25) is 27.8 Å². The lowest BCUT2D eigenvalue weighted by molar-refractivity contribution is -0.121. The van der Waals surface area contributed by atoms with Crippen LogP contribution in [0.15, 0.2) is 80.1 Å². The number of aliphatic hydroxyl groups excluding tert-OH is 2. The minimum absolute atomic E-state index is 0.000375. The smallest absolute Gasteiger partial charge is 0.462 e. The van der Waals surface area contributed by atoms with E-state index < -0.39 is 129 Å². The predicted octanol–water partition coefficient (Wildman–Crippen LogP) is 3.92. The van der Waals surface area contributed by atoms with Gasteiger partial charge in [0, 0.05) is 97.5 Å². The molecule has 4 amide bonds. The van der Waals surface area contributed by atoms with Gasteiger partial charge < -0.3 is 119 Å². The van der Waals surface area contributed by atoms with Crippen LogP contribution >= 0.6 is 31.3 Å². The molecule has 0 bridgehead atoms. The fourth-order valence-corrected chi connectivity index (χ4v) is 18.2. The summed E-state index contributed by atoms with van der Waals surface area (Å²) < 4.78 is 109. The number of anilines is 4. The zero-order chi connectivity index (χ0) is 88.9. The van der Waals surface area contributed by atoms with Gasteiger partial charge in [0.25, 0.3) is 0 Å². The highest BCUT2D eigenvalue weighted by Gasteiger charge is 2.52. The largest absolute Gasteiger partial charge is 0.481 e. The van der Waals surface area contributed by atoms with Crippen molar-refractivity contribution in [2.24, 2.45) is 0 Å². The summed E-state index contributed by atoms with van der Waals surface area (Å²) in [4.78, 5) is 185.